The number of hydrogen-bond donors (Lipinski definition) is 0. The predicted molar refractivity (Wildman–Crippen MR) is 55.4 cm³/mol. The van der Waals surface area contributed by atoms with Gasteiger partial charge in [0.15, 0.2) is 0 Å². The Morgan fingerprint density at radius 2 is 2.31 bits per heavy atom. The Hall–Kier alpha value is -0.670. The van der Waals surface area contributed by atoms with Crippen molar-refractivity contribution < 1.29 is 4.79 Å². The van der Waals surface area contributed by atoms with Gasteiger partial charge < -0.3 is 4.90 Å². The molecule has 1 aliphatic heterocycles. The lowest BCUT2D eigenvalue weighted by molar-refractivity contribution is -0.116. The van der Waals surface area contributed by atoms with Gasteiger partial charge in [-0.15, -0.1) is 23.4 Å². The first-order chi connectivity index (χ1) is 6.33. The minimum atomic E-state index is -0.0286. The van der Waals surface area contributed by atoms with Crippen molar-refractivity contribution in [1.29, 1.82) is 0 Å². The number of carbonyl (C=O) groups is 1. The van der Waals surface area contributed by atoms with Crippen LogP contribution in [0.3, 0.4) is 0 Å². The van der Waals surface area contributed by atoms with Crippen LogP contribution in [0.1, 0.15) is 0 Å². The molecule has 68 valence electrons. The number of amides is 1. The van der Waals surface area contributed by atoms with E-state index >= 15 is 0 Å². The Morgan fingerprint density at radius 3 is 3.08 bits per heavy atom. The fraction of sp³-hybridized carbons (Fsp3) is 0.222. The Morgan fingerprint density at radius 1 is 1.54 bits per heavy atom. The minimum absolute atomic E-state index is 0.0286. The van der Waals surface area contributed by atoms with Crippen LogP contribution in [-0.4, -0.2) is 17.7 Å². The Labute approximate surface area is 85.9 Å². The summed E-state index contributed by atoms with van der Waals surface area (Å²) in [5, 5.41) is 0. The molecule has 1 aromatic carbocycles. The van der Waals surface area contributed by atoms with Crippen molar-refractivity contribution in [2.24, 2.45) is 0 Å². The van der Waals surface area contributed by atoms with Gasteiger partial charge in [-0.1, -0.05) is 12.1 Å². The van der Waals surface area contributed by atoms with Gasteiger partial charge >= 0.3 is 0 Å². The number of halogens is 1. The van der Waals surface area contributed by atoms with Crippen LogP contribution < -0.4 is 4.90 Å². The van der Waals surface area contributed by atoms with Crippen LogP contribution in [0.2, 0.25) is 0 Å². The molecular weight excluding hydrogens is 206 g/mol. The molecule has 0 radical (unpaired) electrons. The monoisotopic (exact) mass is 213 g/mol. The lowest BCUT2D eigenvalue weighted by atomic mass is 10.3. The highest BCUT2D eigenvalue weighted by Crippen LogP contribution is 2.37. The Kier molecular flexibility index (Phi) is 2.47. The first kappa shape index (κ1) is 8.91. The highest BCUT2D eigenvalue weighted by molar-refractivity contribution is 8.00. The predicted octanol–water partition coefficient (Wildman–Crippen LogP) is 2.32. The fourth-order valence-corrected chi connectivity index (χ4v) is 2.48. The van der Waals surface area contributed by atoms with Crippen molar-refractivity contribution >= 4 is 35.0 Å². The van der Waals surface area contributed by atoms with Gasteiger partial charge in [-0.3, -0.25) is 4.79 Å². The van der Waals surface area contributed by atoms with Crippen molar-refractivity contribution in [3.05, 3.63) is 24.3 Å². The van der Waals surface area contributed by atoms with E-state index in [9.17, 15) is 4.79 Å². The van der Waals surface area contributed by atoms with Gasteiger partial charge in [-0.25, -0.2) is 0 Å². The minimum Gasteiger partial charge on any atom is -0.300 e. The molecule has 1 aliphatic rings. The lowest BCUT2D eigenvalue weighted by Crippen LogP contribution is -2.28. The maximum atomic E-state index is 11.4. The van der Waals surface area contributed by atoms with Crippen LogP contribution in [-0.2, 0) is 4.79 Å². The summed E-state index contributed by atoms with van der Waals surface area (Å²) >= 11 is 7.16. The highest BCUT2D eigenvalue weighted by atomic mass is 35.5. The first-order valence-corrected chi connectivity index (χ1v) is 5.43. The molecule has 0 unspecified atom stereocenters. The number of nitrogens with zero attached hydrogens (tertiary/aromatic N) is 1. The summed E-state index contributed by atoms with van der Waals surface area (Å²) in [6.07, 6.45) is 0. The van der Waals surface area contributed by atoms with Crippen molar-refractivity contribution in [3.8, 4) is 0 Å². The summed E-state index contributed by atoms with van der Waals surface area (Å²) in [4.78, 5) is 14.2. The van der Waals surface area contributed by atoms with Gasteiger partial charge in [0, 0.05) is 4.90 Å². The van der Waals surface area contributed by atoms with E-state index in [0.29, 0.717) is 5.88 Å². The number of anilines is 1. The largest absolute Gasteiger partial charge is 0.300 e. The number of carbonyl (C=O) groups excluding carboxylic acids is 1. The van der Waals surface area contributed by atoms with Gasteiger partial charge in [-0.2, -0.15) is 0 Å². The molecule has 0 aromatic heterocycles. The van der Waals surface area contributed by atoms with E-state index in [-0.39, 0.29) is 11.8 Å². The van der Waals surface area contributed by atoms with Crippen molar-refractivity contribution in [1.82, 2.24) is 0 Å². The normalized spacial score (nSPS) is 14.4. The second-order valence-electron chi connectivity index (χ2n) is 2.70. The smallest absolute Gasteiger partial charge is 0.242 e. The molecule has 0 N–H and O–H groups in total. The molecule has 0 bridgehead atoms. The fourth-order valence-electron chi connectivity index (χ4n) is 1.28. The van der Waals surface area contributed by atoms with Crippen LogP contribution in [0.5, 0.6) is 0 Å². The molecule has 0 saturated carbocycles. The Bertz CT molecular complexity index is 342. The first-order valence-electron chi connectivity index (χ1n) is 3.91. The van der Waals surface area contributed by atoms with Gasteiger partial charge in [-0.05, 0) is 12.1 Å². The van der Waals surface area contributed by atoms with E-state index in [1.165, 1.54) is 0 Å². The number of thioether (sulfide) groups is 1. The number of alkyl halides is 1. The molecular formula is C9H8ClNOS. The average molecular weight is 214 g/mol. The van der Waals surface area contributed by atoms with Crippen LogP contribution in [0, 0.1) is 0 Å². The average Bonchev–Trinajstić information content (AvgIpc) is 2.60. The molecule has 0 saturated heterocycles. The zero-order valence-corrected chi connectivity index (χ0v) is 8.44. The van der Waals surface area contributed by atoms with Gasteiger partial charge in [0.25, 0.3) is 0 Å². The molecule has 0 spiro atoms. The van der Waals surface area contributed by atoms with E-state index in [0.717, 1.165) is 10.6 Å². The molecule has 0 fully saturated rings. The summed E-state index contributed by atoms with van der Waals surface area (Å²) in [5.74, 6) is 0.707. The number of benzene rings is 1. The van der Waals surface area contributed by atoms with E-state index in [1.54, 1.807) is 16.7 Å². The SMILES string of the molecule is O=C(CCl)N1CSc2ccccc21. The van der Waals surface area contributed by atoms with Crippen LogP contribution >= 0.6 is 23.4 Å². The molecule has 0 atom stereocenters. The standard InChI is InChI=1S/C9H8ClNOS/c10-5-9(12)11-6-13-8-4-2-1-3-7(8)11/h1-4H,5-6H2. The van der Waals surface area contributed by atoms with Crippen molar-refractivity contribution in [2.45, 2.75) is 4.90 Å². The topological polar surface area (TPSA) is 20.3 Å². The molecule has 13 heavy (non-hydrogen) atoms. The maximum absolute atomic E-state index is 11.4. The van der Waals surface area contributed by atoms with E-state index in [2.05, 4.69) is 0 Å². The van der Waals surface area contributed by atoms with Crippen molar-refractivity contribution in [3.63, 3.8) is 0 Å². The number of fused-ring (bicyclic) bond motifs is 1. The van der Waals surface area contributed by atoms with Crippen LogP contribution in [0.4, 0.5) is 5.69 Å². The highest BCUT2D eigenvalue weighted by Gasteiger charge is 2.23. The number of hydrogen-bond acceptors (Lipinski definition) is 2. The van der Waals surface area contributed by atoms with Crippen LogP contribution in [0.25, 0.3) is 0 Å². The van der Waals surface area contributed by atoms with E-state index in [1.807, 2.05) is 24.3 Å². The van der Waals surface area contributed by atoms with Gasteiger partial charge in [0.05, 0.1) is 11.6 Å². The molecule has 0 aliphatic carbocycles. The third-order valence-corrected chi connectivity index (χ3v) is 3.19. The molecule has 4 heteroatoms. The van der Waals surface area contributed by atoms with E-state index < -0.39 is 0 Å². The number of rotatable bonds is 1. The molecule has 1 heterocycles. The lowest BCUT2D eigenvalue weighted by Gasteiger charge is -2.13. The van der Waals surface area contributed by atoms with Crippen molar-refractivity contribution in [2.75, 3.05) is 16.7 Å². The summed E-state index contributed by atoms with van der Waals surface area (Å²) < 4.78 is 0. The molecule has 1 amide bonds. The third kappa shape index (κ3) is 1.54. The zero-order chi connectivity index (χ0) is 9.26. The summed E-state index contributed by atoms with van der Waals surface area (Å²) in [6.45, 7) is 0. The molecule has 2 nitrogen and oxygen atoms in total. The maximum Gasteiger partial charge on any atom is 0.242 e. The van der Waals surface area contributed by atoms with Gasteiger partial charge in [0.2, 0.25) is 5.91 Å². The van der Waals surface area contributed by atoms with Gasteiger partial charge in [0.1, 0.15) is 5.88 Å². The number of para-hydroxylation sites is 1. The third-order valence-electron chi connectivity index (χ3n) is 1.92. The van der Waals surface area contributed by atoms with E-state index in [4.69, 9.17) is 11.6 Å². The second-order valence-corrected chi connectivity index (χ2v) is 3.95. The summed E-state index contributed by atoms with van der Waals surface area (Å²) in [7, 11) is 0. The summed E-state index contributed by atoms with van der Waals surface area (Å²) in [5.41, 5.74) is 0.984. The van der Waals surface area contributed by atoms with Crippen LogP contribution in [0.15, 0.2) is 29.2 Å². The second kappa shape index (κ2) is 3.60. The summed E-state index contributed by atoms with van der Waals surface area (Å²) in [6, 6.07) is 7.86. The molecule has 2 rings (SSSR count). The molecule has 1 aromatic rings. The zero-order valence-electron chi connectivity index (χ0n) is 6.87. The Balaban J connectivity index is 2.33. The quantitative estimate of drug-likeness (QED) is 0.668.